The quantitative estimate of drug-likeness (QED) is 0.803. The van der Waals surface area contributed by atoms with E-state index in [0.717, 1.165) is 13.0 Å². The lowest BCUT2D eigenvalue weighted by atomic mass is 9.89. The number of piperidine rings is 1. The van der Waals surface area contributed by atoms with Crippen molar-refractivity contribution in [3.63, 3.8) is 0 Å². The summed E-state index contributed by atoms with van der Waals surface area (Å²) in [6.45, 7) is 15.1. The number of hydrogen-bond donors (Lipinski definition) is 1. The highest BCUT2D eigenvalue weighted by Gasteiger charge is 2.35. The first kappa shape index (κ1) is 17.0. The van der Waals surface area contributed by atoms with E-state index in [1.54, 1.807) is 0 Å². The van der Waals surface area contributed by atoms with Gasteiger partial charge >= 0.3 is 0 Å². The first-order chi connectivity index (χ1) is 8.91. The molecule has 0 saturated carbocycles. The molecule has 20 heavy (non-hydrogen) atoms. The van der Waals surface area contributed by atoms with Crippen LogP contribution in [-0.2, 0) is 9.59 Å². The summed E-state index contributed by atoms with van der Waals surface area (Å²) in [7, 11) is 0. The summed E-state index contributed by atoms with van der Waals surface area (Å²) in [4.78, 5) is 26.4. The molecule has 0 aromatic carbocycles. The molecule has 1 aliphatic heterocycles. The second-order valence-electron chi connectivity index (χ2n) is 8.22. The molecule has 2 amide bonds. The van der Waals surface area contributed by atoms with Crippen molar-refractivity contribution in [3.05, 3.63) is 0 Å². The van der Waals surface area contributed by atoms with Crippen LogP contribution in [0, 0.1) is 16.7 Å². The summed E-state index contributed by atoms with van der Waals surface area (Å²) in [6, 6.07) is 0.0665. The Hall–Kier alpha value is -1.06. The van der Waals surface area contributed by atoms with Gasteiger partial charge in [-0.15, -0.1) is 0 Å². The Balaban J connectivity index is 2.72. The Bertz CT molecular complexity index is 377. The summed E-state index contributed by atoms with van der Waals surface area (Å²) in [6.07, 6.45) is 0.940. The van der Waals surface area contributed by atoms with Gasteiger partial charge in [-0.2, -0.15) is 0 Å². The number of carbonyl (C=O) groups excluding carboxylic acids is 2. The van der Waals surface area contributed by atoms with Crippen molar-refractivity contribution in [1.82, 2.24) is 10.2 Å². The highest BCUT2D eigenvalue weighted by Crippen LogP contribution is 2.24. The minimum Gasteiger partial charge on any atom is -0.351 e. The number of nitrogens with zero attached hydrogens (tertiary/aromatic N) is 1. The van der Waals surface area contributed by atoms with E-state index >= 15 is 0 Å². The second-order valence-corrected chi connectivity index (χ2v) is 8.22. The predicted molar refractivity (Wildman–Crippen MR) is 81.2 cm³/mol. The number of amides is 2. The second kappa shape index (κ2) is 5.74. The average Bonchev–Trinajstić information content (AvgIpc) is 2.24. The zero-order chi connectivity index (χ0) is 15.7. The molecule has 1 aliphatic rings. The van der Waals surface area contributed by atoms with E-state index in [-0.39, 0.29) is 28.7 Å². The maximum absolute atomic E-state index is 12.4. The minimum absolute atomic E-state index is 0.0553. The van der Waals surface area contributed by atoms with Crippen LogP contribution in [0.1, 0.15) is 54.9 Å². The maximum Gasteiger partial charge on any atom is 0.228 e. The van der Waals surface area contributed by atoms with E-state index in [9.17, 15) is 9.59 Å². The van der Waals surface area contributed by atoms with Gasteiger partial charge in [0.15, 0.2) is 0 Å². The molecular weight excluding hydrogens is 252 g/mol. The Labute approximate surface area is 123 Å². The number of likely N-dealkylation sites (tertiary alicyclic amines) is 1. The van der Waals surface area contributed by atoms with Crippen LogP contribution < -0.4 is 5.32 Å². The fourth-order valence-corrected chi connectivity index (χ4v) is 2.50. The fraction of sp³-hybridized carbons (Fsp3) is 0.875. The molecule has 0 aliphatic carbocycles. The average molecular weight is 282 g/mol. The van der Waals surface area contributed by atoms with E-state index in [0.29, 0.717) is 12.5 Å². The number of nitrogens with one attached hydrogen (secondary N) is 1. The molecule has 0 bridgehead atoms. The Kier molecular flexibility index (Phi) is 4.88. The standard InChI is InChI=1S/C16H30N2O2/c1-11-8-12(17-13(19)15(2,3)4)10-18(9-11)14(20)16(5,6)7/h11-12H,8-10H2,1-7H3,(H,17,19). The third-order valence-corrected chi connectivity index (χ3v) is 3.60. The van der Waals surface area contributed by atoms with Crippen LogP contribution in [0.2, 0.25) is 0 Å². The number of hydrogen-bond acceptors (Lipinski definition) is 2. The van der Waals surface area contributed by atoms with Crippen LogP contribution in [0.15, 0.2) is 0 Å². The summed E-state index contributed by atoms with van der Waals surface area (Å²) in [5.41, 5.74) is -0.755. The van der Waals surface area contributed by atoms with Crippen molar-refractivity contribution in [1.29, 1.82) is 0 Å². The van der Waals surface area contributed by atoms with Crippen molar-refractivity contribution in [3.8, 4) is 0 Å². The van der Waals surface area contributed by atoms with Gasteiger partial charge in [-0.05, 0) is 12.3 Å². The van der Waals surface area contributed by atoms with Crippen LogP contribution in [0.3, 0.4) is 0 Å². The SMILES string of the molecule is CC1CC(NC(=O)C(C)(C)C)CN(C(=O)C(C)(C)C)C1. The molecule has 2 unspecified atom stereocenters. The van der Waals surface area contributed by atoms with Crippen LogP contribution in [0.5, 0.6) is 0 Å². The molecule has 116 valence electrons. The Morgan fingerprint density at radius 3 is 2.00 bits per heavy atom. The highest BCUT2D eigenvalue weighted by molar-refractivity contribution is 5.83. The molecule has 0 aromatic rings. The van der Waals surface area contributed by atoms with Crippen LogP contribution >= 0.6 is 0 Å². The smallest absolute Gasteiger partial charge is 0.228 e. The van der Waals surface area contributed by atoms with Crippen LogP contribution in [0.4, 0.5) is 0 Å². The van der Waals surface area contributed by atoms with E-state index < -0.39 is 0 Å². The van der Waals surface area contributed by atoms with Crippen molar-refractivity contribution < 1.29 is 9.59 Å². The molecule has 1 fully saturated rings. The molecule has 1 N–H and O–H groups in total. The fourth-order valence-electron chi connectivity index (χ4n) is 2.50. The zero-order valence-electron chi connectivity index (χ0n) is 14.0. The molecule has 1 saturated heterocycles. The Morgan fingerprint density at radius 1 is 1.00 bits per heavy atom. The van der Waals surface area contributed by atoms with E-state index in [4.69, 9.17) is 0 Å². The molecule has 4 nitrogen and oxygen atoms in total. The molecule has 1 heterocycles. The van der Waals surface area contributed by atoms with Crippen LogP contribution in [-0.4, -0.2) is 35.8 Å². The van der Waals surface area contributed by atoms with Gasteiger partial charge in [-0.1, -0.05) is 48.5 Å². The normalized spacial score (nSPS) is 24.4. The topological polar surface area (TPSA) is 49.4 Å². The van der Waals surface area contributed by atoms with E-state index in [1.165, 1.54) is 0 Å². The van der Waals surface area contributed by atoms with Gasteiger partial charge in [0.2, 0.25) is 11.8 Å². The molecule has 2 atom stereocenters. The van der Waals surface area contributed by atoms with Crippen LogP contribution in [0.25, 0.3) is 0 Å². The largest absolute Gasteiger partial charge is 0.351 e. The molecule has 0 radical (unpaired) electrons. The summed E-state index contributed by atoms with van der Waals surface area (Å²) in [5, 5.41) is 3.09. The third-order valence-electron chi connectivity index (χ3n) is 3.60. The van der Waals surface area contributed by atoms with E-state index in [2.05, 4.69) is 12.2 Å². The van der Waals surface area contributed by atoms with Gasteiger partial charge in [0, 0.05) is 30.0 Å². The lowest BCUT2D eigenvalue weighted by Gasteiger charge is -2.40. The molecule has 4 heteroatoms. The number of rotatable bonds is 1. The predicted octanol–water partition coefficient (Wildman–Crippen LogP) is 2.43. The lowest BCUT2D eigenvalue weighted by Crippen LogP contribution is -2.55. The summed E-state index contributed by atoms with van der Waals surface area (Å²) >= 11 is 0. The van der Waals surface area contributed by atoms with Gasteiger partial charge in [-0.25, -0.2) is 0 Å². The molecule has 1 rings (SSSR count). The minimum atomic E-state index is -0.389. The molecule has 0 aromatic heterocycles. The van der Waals surface area contributed by atoms with Gasteiger partial charge < -0.3 is 10.2 Å². The van der Waals surface area contributed by atoms with Crippen molar-refractivity contribution >= 4 is 11.8 Å². The van der Waals surface area contributed by atoms with Crippen molar-refractivity contribution in [2.75, 3.05) is 13.1 Å². The zero-order valence-corrected chi connectivity index (χ0v) is 14.0. The highest BCUT2D eigenvalue weighted by atomic mass is 16.2. The van der Waals surface area contributed by atoms with Gasteiger partial charge in [0.25, 0.3) is 0 Å². The third kappa shape index (κ3) is 4.50. The summed E-state index contributed by atoms with van der Waals surface area (Å²) in [5.74, 6) is 0.638. The van der Waals surface area contributed by atoms with Crippen molar-refractivity contribution in [2.24, 2.45) is 16.7 Å². The monoisotopic (exact) mass is 282 g/mol. The van der Waals surface area contributed by atoms with E-state index in [1.807, 2.05) is 46.4 Å². The van der Waals surface area contributed by atoms with Gasteiger partial charge in [0.1, 0.15) is 0 Å². The van der Waals surface area contributed by atoms with Gasteiger partial charge in [-0.3, -0.25) is 9.59 Å². The lowest BCUT2D eigenvalue weighted by molar-refractivity contribution is -0.143. The first-order valence-corrected chi connectivity index (χ1v) is 7.51. The maximum atomic E-state index is 12.4. The summed E-state index contributed by atoms with van der Waals surface area (Å²) < 4.78 is 0. The van der Waals surface area contributed by atoms with Gasteiger partial charge in [0.05, 0.1) is 0 Å². The molecule has 0 spiro atoms. The molecular formula is C16H30N2O2. The Morgan fingerprint density at radius 2 is 1.55 bits per heavy atom. The van der Waals surface area contributed by atoms with Crippen molar-refractivity contribution in [2.45, 2.75) is 60.9 Å². The number of carbonyl (C=O) groups is 2. The first-order valence-electron chi connectivity index (χ1n) is 7.51.